The van der Waals surface area contributed by atoms with Crippen LogP contribution in [0.2, 0.25) is 0 Å². The number of rotatable bonds is 7. The predicted molar refractivity (Wildman–Crippen MR) is 117 cm³/mol. The predicted octanol–water partition coefficient (Wildman–Crippen LogP) is 4.42. The lowest BCUT2D eigenvalue weighted by molar-refractivity contribution is 0.200. The number of ether oxygens (including phenoxy) is 2. The molecule has 1 fully saturated rings. The molecule has 2 aliphatic heterocycles. The molecule has 7 nitrogen and oxygen atoms in total. The molecule has 7 heteroatoms. The van der Waals surface area contributed by atoms with Crippen LogP contribution < -0.4 is 15.2 Å². The number of hydrogen-bond acceptors (Lipinski definition) is 6. The minimum atomic E-state index is 0.240. The summed E-state index contributed by atoms with van der Waals surface area (Å²) in [6, 6.07) is 6.03. The molecule has 1 aromatic carbocycles. The second kappa shape index (κ2) is 8.50. The maximum absolute atomic E-state index is 6.35. The molecule has 30 heavy (non-hydrogen) atoms. The number of anilines is 1. The summed E-state index contributed by atoms with van der Waals surface area (Å²) in [5.74, 6) is 3.83. The molecule has 0 unspecified atom stereocenters. The molecule has 0 atom stereocenters. The molecule has 0 spiro atoms. The maximum atomic E-state index is 6.35. The molecular weight excluding hydrogens is 378 g/mol. The molecule has 4 rings (SSSR count). The molecule has 3 aliphatic rings. The van der Waals surface area contributed by atoms with Gasteiger partial charge in [-0.2, -0.15) is 0 Å². The van der Waals surface area contributed by atoms with Crippen molar-refractivity contribution in [1.82, 2.24) is 19.5 Å². The number of fused-ring (bicyclic) bond motifs is 1. The summed E-state index contributed by atoms with van der Waals surface area (Å²) < 4.78 is 13.7. The molecule has 0 aromatic heterocycles. The Bertz CT molecular complexity index is 992. The average molecular weight is 410 g/mol. The van der Waals surface area contributed by atoms with E-state index in [0.29, 0.717) is 12.5 Å². The summed E-state index contributed by atoms with van der Waals surface area (Å²) in [6.45, 7) is 6.79. The number of imidazole rings is 1. The fourth-order valence-electron chi connectivity index (χ4n) is 4.03. The molecule has 160 valence electrons. The van der Waals surface area contributed by atoms with Crippen molar-refractivity contribution in [3.05, 3.63) is 35.3 Å². The van der Waals surface area contributed by atoms with Gasteiger partial charge in [0.05, 0.1) is 25.5 Å². The number of methoxy groups -OCH3 is 1. The van der Waals surface area contributed by atoms with Crippen molar-refractivity contribution >= 4 is 5.95 Å². The van der Waals surface area contributed by atoms with Crippen molar-refractivity contribution in [1.29, 1.82) is 0 Å². The lowest BCUT2D eigenvalue weighted by atomic mass is 10.1. The normalized spacial score (nSPS) is 14.7. The molecular formula is C23H31N5O2. The lowest BCUT2D eigenvalue weighted by Crippen LogP contribution is -2.16. The Kier molecular flexibility index (Phi) is 5.79. The van der Waals surface area contributed by atoms with Gasteiger partial charge in [-0.3, -0.25) is 4.57 Å². The molecule has 0 amide bonds. The van der Waals surface area contributed by atoms with Crippen molar-refractivity contribution in [2.24, 2.45) is 0 Å². The van der Waals surface area contributed by atoms with Crippen LogP contribution >= 0.6 is 0 Å². The first-order chi connectivity index (χ1) is 14.5. The molecule has 1 aromatic rings. The van der Waals surface area contributed by atoms with E-state index in [1.54, 1.807) is 7.11 Å². The zero-order valence-electron chi connectivity index (χ0n) is 18.3. The second-order valence-electron chi connectivity index (χ2n) is 8.27. The summed E-state index contributed by atoms with van der Waals surface area (Å²) in [6.07, 6.45) is 5.66. The Hall–Kier alpha value is -2.83. The topological polar surface area (TPSA) is 88.1 Å². The third kappa shape index (κ3) is 3.93. The molecule has 2 heterocycles. The van der Waals surface area contributed by atoms with Crippen LogP contribution in [0.15, 0.2) is 18.2 Å². The van der Waals surface area contributed by atoms with Gasteiger partial charge in [0.2, 0.25) is 5.95 Å². The van der Waals surface area contributed by atoms with Crippen molar-refractivity contribution < 1.29 is 9.47 Å². The van der Waals surface area contributed by atoms with Crippen LogP contribution in [0.4, 0.5) is 5.95 Å². The number of nitrogens with zero attached hydrogens (tertiary/aromatic N) is 4. The Morgan fingerprint density at radius 2 is 1.90 bits per heavy atom. The molecule has 1 aliphatic carbocycles. The third-order valence-corrected chi connectivity index (χ3v) is 5.73. The van der Waals surface area contributed by atoms with Gasteiger partial charge in [-0.25, -0.2) is 15.0 Å². The highest BCUT2D eigenvalue weighted by Gasteiger charge is 2.24. The average Bonchev–Trinajstić information content (AvgIpc) is 3.40. The van der Waals surface area contributed by atoms with Crippen LogP contribution in [0.1, 0.15) is 69.5 Å². The van der Waals surface area contributed by atoms with Gasteiger partial charge in [0.15, 0.2) is 17.3 Å². The van der Waals surface area contributed by atoms with E-state index < -0.39 is 0 Å². The Morgan fingerprint density at radius 1 is 1.13 bits per heavy atom. The van der Waals surface area contributed by atoms with E-state index in [9.17, 15) is 0 Å². The van der Waals surface area contributed by atoms with E-state index in [1.165, 1.54) is 12.8 Å². The number of benzene rings is 1. The van der Waals surface area contributed by atoms with E-state index in [0.717, 1.165) is 59.4 Å². The number of nitrogens with two attached hydrogens (primary N) is 1. The standard InChI is InChI=1S/C23H31N5O2/c1-5-17-20-22(27-21(26-20)14(2)3)28(23(24)25-17)13-15-10-11-18(29-4)19(12-15)30-16-8-6-7-9-16/h10-12,14,16H,5-9,13H2,1-4H3,(H2,24,25). The summed E-state index contributed by atoms with van der Waals surface area (Å²) >= 11 is 0. The monoisotopic (exact) mass is 409 g/mol. The van der Waals surface area contributed by atoms with E-state index in [-0.39, 0.29) is 12.0 Å². The van der Waals surface area contributed by atoms with Crippen LogP contribution in [0, 0.1) is 0 Å². The molecule has 2 N–H and O–H groups in total. The smallest absolute Gasteiger partial charge is 0.202 e. The molecule has 0 radical (unpaired) electrons. The number of nitrogen functional groups attached to an aromatic ring is 1. The first-order valence-electron chi connectivity index (χ1n) is 10.9. The largest absolute Gasteiger partial charge is 0.493 e. The number of aromatic nitrogens is 4. The maximum Gasteiger partial charge on any atom is 0.202 e. The number of aryl methyl sites for hydroxylation is 1. The van der Waals surface area contributed by atoms with Gasteiger partial charge in [0, 0.05) is 5.92 Å². The van der Waals surface area contributed by atoms with Crippen molar-refractivity contribution in [2.75, 3.05) is 12.8 Å². The summed E-state index contributed by atoms with van der Waals surface area (Å²) in [7, 11) is 1.67. The van der Waals surface area contributed by atoms with Crippen molar-refractivity contribution in [3.63, 3.8) is 0 Å². The van der Waals surface area contributed by atoms with Crippen molar-refractivity contribution in [2.45, 2.75) is 71.4 Å². The Morgan fingerprint density at radius 3 is 2.57 bits per heavy atom. The van der Waals surface area contributed by atoms with Gasteiger partial charge >= 0.3 is 0 Å². The number of hydrogen-bond donors (Lipinski definition) is 1. The summed E-state index contributed by atoms with van der Waals surface area (Å²) in [5.41, 5.74) is 9.13. The van der Waals surface area contributed by atoms with Crippen LogP contribution in [0.3, 0.4) is 0 Å². The Balaban J connectivity index is 1.70. The second-order valence-corrected chi connectivity index (χ2v) is 8.27. The van der Waals surface area contributed by atoms with E-state index in [4.69, 9.17) is 25.2 Å². The summed E-state index contributed by atoms with van der Waals surface area (Å²) in [4.78, 5) is 14.1. The van der Waals surface area contributed by atoms with E-state index in [1.807, 2.05) is 22.8 Å². The van der Waals surface area contributed by atoms with Crippen LogP contribution in [-0.4, -0.2) is 32.7 Å². The van der Waals surface area contributed by atoms with Crippen LogP contribution in [0.5, 0.6) is 11.5 Å². The minimum Gasteiger partial charge on any atom is -0.493 e. The first-order valence-corrected chi connectivity index (χ1v) is 10.9. The minimum absolute atomic E-state index is 0.240. The SMILES string of the molecule is CCc1nc(N)n(Cc2ccc(OC)c(OC3CCCC3)c2)c2nc(C(C)C)nc1-2. The highest BCUT2D eigenvalue weighted by Crippen LogP contribution is 2.34. The third-order valence-electron chi connectivity index (χ3n) is 5.73. The van der Waals surface area contributed by atoms with Gasteiger partial charge in [-0.05, 0) is 49.8 Å². The highest BCUT2D eigenvalue weighted by molar-refractivity contribution is 5.59. The molecule has 0 saturated heterocycles. The zero-order chi connectivity index (χ0) is 21.3. The van der Waals surface area contributed by atoms with Gasteiger partial charge in [0.1, 0.15) is 11.5 Å². The quantitative estimate of drug-likeness (QED) is 0.621. The van der Waals surface area contributed by atoms with Crippen molar-refractivity contribution in [3.8, 4) is 23.0 Å². The fraction of sp³-hybridized carbons (Fsp3) is 0.522. The first kappa shape index (κ1) is 20.4. The summed E-state index contributed by atoms with van der Waals surface area (Å²) in [5, 5.41) is 0. The van der Waals surface area contributed by atoms with Gasteiger partial charge in [-0.1, -0.05) is 26.8 Å². The van der Waals surface area contributed by atoms with E-state index in [2.05, 4.69) is 25.8 Å². The van der Waals surface area contributed by atoms with Crippen LogP contribution in [-0.2, 0) is 13.0 Å². The fourth-order valence-corrected chi connectivity index (χ4v) is 4.03. The lowest BCUT2D eigenvalue weighted by Gasteiger charge is -2.19. The van der Waals surface area contributed by atoms with Gasteiger partial charge in [0.25, 0.3) is 0 Å². The zero-order valence-corrected chi connectivity index (χ0v) is 18.3. The van der Waals surface area contributed by atoms with E-state index >= 15 is 0 Å². The molecule has 1 saturated carbocycles. The van der Waals surface area contributed by atoms with Gasteiger partial charge in [-0.15, -0.1) is 0 Å². The van der Waals surface area contributed by atoms with Gasteiger partial charge < -0.3 is 15.2 Å². The molecule has 0 bridgehead atoms. The van der Waals surface area contributed by atoms with Crippen LogP contribution in [0.25, 0.3) is 11.5 Å². The highest BCUT2D eigenvalue weighted by atomic mass is 16.5. The Labute approximate surface area is 178 Å².